The van der Waals surface area contributed by atoms with Crippen molar-refractivity contribution in [3.8, 4) is 11.1 Å². The number of hydrogen-bond acceptors (Lipinski definition) is 2. The van der Waals surface area contributed by atoms with Crippen LogP contribution in [-0.2, 0) is 6.42 Å². The van der Waals surface area contributed by atoms with E-state index in [1.54, 1.807) is 30.3 Å². The molecule has 3 rings (SSSR count). The SMILES string of the molecule is C=CC(C)C(F)(F)C(O)CCc1ccc(NC(=O)c2ccccc2-c2ccccc2)cc1. The van der Waals surface area contributed by atoms with E-state index in [9.17, 15) is 18.7 Å². The van der Waals surface area contributed by atoms with Crippen LogP contribution in [0.3, 0.4) is 0 Å². The number of nitrogens with one attached hydrogen (secondary N) is 1. The molecule has 2 atom stereocenters. The Morgan fingerprint density at radius 2 is 1.66 bits per heavy atom. The summed E-state index contributed by atoms with van der Waals surface area (Å²) in [6, 6.07) is 24.1. The molecule has 5 heteroatoms. The number of aryl methyl sites for hydroxylation is 1. The Bertz CT molecular complexity index is 1050. The van der Waals surface area contributed by atoms with Gasteiger partial charge in [-0.15, -0.1) is 6.58 Å². The van der Waals surface area contributed by atoms with Gasteiger partial charge in [-0.25, -0.2) is 8.78 Å². The van der Waals surface area contributed by atoms with Crippen molar-refractivity contribution in [1.82, 2.24) is 0 Å². The minimum absolute atomic E-state index is 0.0681. The molecule has 0 fully saturated rings. The predicted octanol–water partition coefficient (Wildman–Crippen LogP) is 6.36. The summed E-state index contributed by atoms with van der Waals surface area (Å²) in [7, 11) is 0. The van der Waals surface area contributed by atoms with Gasteiger partial charge < -0.3 is 10.4 Å². The van der Waals surface area contributed by atoms with Crippen molar-refractivity contribution in [2.75, 3.05) is 5.32 Å². The highest BCUT2D eigenvalue weighted by Gasteiger charge is 2.42. The molecule has 166 valence electrons. The number of amides is 1. The fraction of sp³-hybridized carbons (Fsp3) is 0.222. The molecule has 0 aliphatic rings. The summed E-state index contributed by atoms with van der Waals surface area (Å²) in [5, 5.41) is 12.8. The Kier molecular flexibility index (Phi) is 7.54. The maximum Gasteiger partial charge on any atom is 0.279 e. The molecular weight excluding hydrogens is 408 g/mol. The van der Waals surface area contributed by atoms with Crippen molar-refractivity contribution in [1.29, 1.82) is 0 Å². The number of anilines is 1. The molecule has 0 spiro atoms. The monoisotopic (exact) mass is 435 g/mol. The van der Waals surface area contributed by atoms with Crippen molar-refractivity contribution in [3.05, 3.63) is 103 Å². The molecule has 0 aromatic heterocycles. The van der Waals surface area contributed by atoms with Crippen molar-refractivity contribution >= 4 is 11.6 Å². The molecule has 3 aromatic carbocycles. The van der Waals surface area contributed by atoms with E-state index in [2.05, 4.69) is 11.9 Å². The minimum atomic E-state index is -3.22. The Labute approximate surface area is 187 Å². The van der Waals surface area contributed by atoms with Gasteiger partial charge in [-0.3, -0.25) is 4.79 Å². The first kappa shape index (κ1) is 23.4. The number of hydrogen-bond donors (Lipinski definition) is 2. The van der Waals surface area contributed by atoms with Crippen LogP contribution in [0, 0.1) is 5.92 Å². The number of halogens is 2. The smallest absolute Gasteiger partial charge is 0.279 e. The number of rotatable bonds is 9. The highest BCUT2D eigenvalue weighted by atomic mass is 19.3. The van der Waals surface area contributed by atoms with Gasteiger partial charge in [0, 0.05) is 17.2 Å². The summed E-state index contributed by atoms with van der Waals surface area (Å²) in [6.07, 6.45) is -0.367. The number of benzene rings is 3. The van der Waals surface area contributed by atoms with Gasteiger partial charge >= 0.3 is 0 Å². The third kappa shape index (κ3) is 5.48. The normalized spacial score (nSPS) is 13.2. The predicted molar refractivity (Wildman–Crippen MR) is 125 cm³/mol. The number of carbonyl (C=O) groups excluding carboxylic acids is 1. The highest BCUT2D eigenvalue weighted by Crippen LogP contribution is 2.31. The Hall–Kier alpha value is -3.31. The van der Waals surface area contributed by atoms with Crippen LogP contribution >= 0.6 is 0 Å². The maximum atomic E-state index is 14.1. The fourth-order valence-corrected chi connectivity index (χ4v) is 3.46. The first-order valence-corrected chi connectivity index (χ1v) is 10.6. The van der Waals surface area contributed by atoms with Gasteiger partial charge in [-0.2, -0.15) is 0 Å². The van der Waals surface area contributed by atoms with Crippen LogP contribution in [0.2, 0.25) is 0 Å². The summed E-state index contributed by atoms with van der Waals surface area (Å²) in [6.45, 7) is 4.72. The summed E-state index contributed by atoms with van der Waals surface area (Å²) in [5.74, 6) is -4.55. The molecule has 3 aromatic rings. The number of aliphatic hydroxyl groups excluding tert-OH is 1. The number of allylic oxidation sites excluding steroid dienone is 1. The van der Waals surface area contributed by atoms with Gasteiger partial charge in [0.15, 0.2) is 0 Å². The summed E-state index contributed by atoms with van der Waals surface area (Å²) in [4.78, 5) is 12.9. The Balaban J connectivity index is 1.65. The van der Waals surface area contributed by atoms with E-state index >= 15 is 0 Å². The quantitative estimate of drug-likeness (QED) is 0.385. The molecule has 3 nitrogen and oxygen atoms in total. The zero-order chi connectivity index (χ0) is 23.1. The lowest BCUT2D eigenvalue weighted by Gasteiger charge is -2.26. The van der Waals surface area contributed by atoms with E-state index in [0.29, 0.717) is 17.7 Å². The average molecular weight is 436 g/mol. The zero-order valence-corrected chi connectivity index (χ0v) is 18.0. The van der Waals surface area contributed by atoms with Gasteiger partial charge in [0.1, 0.15) is 6.10 Å². The Morgan fingerprint density at radius 1 is 1.03 bits per heavy atom. The maximum absolute atomic E-state index is 14.1. The summed E-state index contributed by atoms with van der Waals surface area (Å²) in [5.41, 5.74) is 3.76. The average Bonchev–Trinajstić information content (AvgIpc) is 2.83. The van der Waals surface area contributed by atoms with E-state index in [4.69, 9.17) is 0 Å². The van der Waals surface area contributed by atoms with Gasteiger partial charge in [-0.05, 0) is 47.7 Å². The van der Waals surface area contributed by atoms with Crippen LogP contribution in [0.25, 0.3) is 11.1 Å². The third-order valence-electron chi connectivity index (χ3n) is 5.58. The zero-order valence-electron chi connectivity index (χ0n) is 18.0. The number of aliphatic hydroxyl groups is 1. The molecular formula is C27H27F2NO2. The lowest BCUT2D eigenvalue weighted by atomic mass is 9.94. The van der Waals surface area contributed by atoms with Crippen LogP contribution in [0.1, 0.15) is 29.3 Å². The summed E-state index contributed by atoms with van der Waals surface area (Å²) < 4.78 is 28.1. The molecule has 0 saturated carbocycles. The second-order valence-corrected chi connectivity index (χ2v) is 7.82. The minimum Gasteiger partial charge on any atom is -0.387 e. The van der Waals surface area contributed by atoms with Crippen molar-refractivity contribution in [2.24, 2.45) is 5.92 Å². The van der Waals surface area contributed by atoms with E-state index < -0.39 is 17.9 Å². The number of alkyl halides is 2. The molecule has 0 radical (unpaired) electrons. The van der Waals surface area contributed by atoms with Crippen LogP contribution in [0.5, 0.6) is 0 Å². The molecule has 0 heterocycles. The standard InChI is InChI=1S/C27H27F2NO2/c1-3-19(2)27(28,29)25(31)18-15-20-13-16-22(17-14-20)30-26(32)24-12-8-7-11-23(24)21-9-5-4-6-10-21/h3-14,16-17,19,25,31H,1,15,18H2,2H3,(H,30,32). The van der Waals surface area contributed by atoms with Crippen molar-refractivity contribution in [3.63, 3.8) is 0 Å². The van der Waals surface area contributed by atoms with E-state index in [0.717, 1.165) is 22.8 Å². The Morgan fingerprint density at radius 3 is 2.31 bits per heavy atom. The number of carbonyl (C=O) groups is 1. The van der Waals surface area contributed by atoms with E-state index in [-0.39, 0.29) is 12.3 Å². The van der Waals surface area contributed by atoms with Gasteiger partial charge in [0.25, 0.3) is 11.8 Å². The van der Waals surface area contributed by atoms with E-state index in [1.165, 1.54) is 6.92 Å². The first-order chi connectivity index (χ1) is 15.3. The molecule has 0 aliphatic heterocycles. The first-order valence-electron chi connectivity index (χ1n) is 10.6. The van der Waals surface area contributed by atoms with E-state index in [1.807, 2.05) is 48.5 Å². The van der Waals surface area contributed by atoms with Gasteiger partial charge in [0.2, 0.25) is 0 Å². The fourth-order valence-electron chi connectivity index (χ4n) is 3.46. The highest BCUT2D eigenvalue weighted by molar-refractivity contribution is 6.08. The van der Waals surface area contributed by atoms with Crippen molar-refractivity contribution < 1.29 is 18.7 Å². The third-order valence-corrected chi connectivity index (χ3v) is 5.58. The second kappa shape index (κ2) is 10.3. The molecule has 2 N–H and O–H groups in total. The van der Waals surface area contributed by atoms with Crippen LogP contribution < -0.4 is 5.32 Å². The van der Waals surface area contributed by atoms with Gasteiger partial charge in [0.05, 0.1) is 0 Å². The lowest BCUT2D eigenvalue weighted by molar-refractivity contribution is -0.133. The molecule has 0 aliphatic carbocycles. The molecule has 0 bridgehead atoms. The van der Waals surface area contributed by atoms with Crippen molar-refractivity contribution in [2.45, 2.75) is 31.8 Å². The largest absolute Gasteiger partial charge is 0.387 e. The van der Waals surface area contributed by atoms with Gasteiger partial charge in [-0.1, -0.05) is 73.7 Å². The molecule has 2 unspecified atom stereocenters. The summed E-state index contributed by atoms with van der Waals surface area (Å²) >= 11 is 0. The second-order valence-electron chi connectivity index (χ2n) is 7.82. The topological polar surface area (TPSA) is 49.3 Å². The molecule has 32 heavy (non-hydrogen) atoms. The van der Waals surface area contributed by atoms with Crippen LogP contribution in [0.15, 0.2) is 91.5 Å². The molecule has 0 saturated heterocycles. The lowest BCUT2D eigenvalue weighted by Crippen LogP contribution is -2.39. The van der Waals surface area contributed by atoms with Crippen LogP contribution in [0.4, 0.5) is 14.5 Å². The van der Waals surface area contributed by atoms with Crippen LogP contribution in [-0.4, -0.2) is 23.0 Å². The molecule has 1 amide bonds.